The van der Waals surface area contributed by atoms with Gasteiger partial charge >= 0.3 is 6.01 Å². The number of amides is 1. The number of carbonyl (C=O) groups is 1. The number of morpholine rings is 1. The molecule has 2 aromatic carbocycles. The summed E-state index contributed by atoms with van der Waals surface area (Å²) in [5.74, 6) is -1.01. The monoisotopic (exact) mass is 808 g/mol. The molecule has 312 valence electrons. The minimum absolute atomic E-state index is 0.0224. The number of fused-ring (bicyclic) bond motifs is 3. The zero-order valence-corrected chi connectivity index (χ0v) is 34.5. The summed E-state index contributed by atoms with van der Waals surface area (Å²) in [6.07, 6.45) is 8.70. The fourth-order valence-electron chi connectivity index (χ4n) is 9.50. The third kappa shape index (κ3) is 7.72. The number of hydrogen-bond acceptors (Lipinski definition) is 11. The summed E-state index contributed by atoms with van der Waals surface area (Å²) in [5, 5.41) is 12.2. The van der Waals surface area contributed by atoms with Gasteiger partial charge in [-0.25, -0.2) is 8.78 Å². The number of aromatic hydroxyl groups is 1. The maximum absolute atomic E-state index is 18.1. The third-order valence-corrected chi connectivity index (χ3v) is 12.2. The van der Waals surface area contributed by atoms with E-state index in [1.54, 1.807) is 23.1 Å². The van der Waals surface area contributed by atoms with Crippen LogP contribution in [0, 0.1) is 5.82 Å². The molecular weight excluding hydrogens is 755 g/mol. The molecule has 4 aliphatic heterocycles. The summed E-state index contributed by atoms with van der Waals surface area (Å²) in [5.41, 5.74) is 9.23. The lowest BCUT2D eigenvalue weighted by atomic mass is 9.81. The SMILES string of the molecule is C/C=C1\C(=NC(C)C)C(c2cc(O)cc3ccc(F)c(CC)c23)=C(F)c2nc(OCC34CCCN3CCC4)nc(N3CCCN=C(/C=C(\N)C(=O)N4CCOCC4)C3)c21. The summed E-state index contributed by atoms with van der Waals surface area (Å²) in [7, 11) is 0. The number of nitrogens with zero attached hydrogens (tertiary/aromatic N) is 7. The number of anilines is 1. The molecule has 3 N–H and O–H groups in total. The highest BCUT2D eigenvalue weighted by Crippen LogP contribution is 2.48. The van der Waals surface area contributed by atoms with Crippen LogP contribution in [0.25, 0.3) is 27.7 Å². The first-order valence-corrected chi connectivity index (χ1v) is 21.0. The van der Waals surface area contributed by atoms with Gasteiger partial charge in [-0.05, 0) is 119 Å². The summed E-state index contributed by atoms with van der Waals surface area (Å²) in [4.78, 5) is 39.3. The van der Waals surface area contributed by atoms with Gasteiger partial charge in [0.05, 0.1) is 48.0 Å². The molecule has 0 saturated carbocycles. The van der Waals surface area contributed by atoms with Crippen LogP contribution in [0.3, 0.4) is 0 Å². The zero-order valence-electron chi connectivity index (χ0n) is 34.5. The quantitative estimate of drug-likeness (QED) is 0.232. The van der Waals surface area contributed by atoms with Crippen molar-refractivity contribution in [1.82, 2.24) is 19.8 Å². The van der Waals surface area contributed by atoms with E-state index in [9.17, 15) is 9.90 Å². The van der Waals surface area contributed by atoms with Crippen molar-refractivity contribution in [2.75, 3.05) is 70.5 Å². The largest absolute Gasteiger partial charge is 0.508 e. The van der Waals surface area contributed by atoms with E-state index in [2.05, 4.69) is 4.90 Å². The van der Waals surface area contributed by atoms with Crippen LogP contribution in [0.5, 0.6) is 11.8 Å². The lowest BCUT2D eigenvalue weighted by Crippen LogP contribution is -2.43. The summed E-state index contributed by atoms with van der Waals surface area (Å²) in [6, 6.07) is 5.82. The Hall–Kier alpha value is -5.21. The van der Waals surface area contributed by atoms with Gasteiger partial charge in [0, 0.05) is 43.4 Å². The van der Waals surface area contributed by atoms with Gasteiger partial charge in [-0.3, -0.25) is 19.7 Å². The first-order chi connectivity index (χ1) is 28.5. The predicted molar refractivity (Wildman–Crippen MR) is 228 cm³/mol. The van der Waals surface area contributed by atoms with Gasteiger partial charge in [0.25, 0.3) is 5.91 Å². The second-order valence-corrected chi connectivity index (χ2v) is 16.3. The number of aliphatic imine (C=N–C) groups is 2. The number of rotatable bonds is 9. The molecule has 3 saturated heterocycles. The first-order valence-electron chi connectivity index (χ1n) is 21.0. The highest BCUT2D eigenvalue weighted by Gasteiger charge is 2.45. The Kier molecular flexibility index (Phi) is 11.6. The van der Waals surface area contributed by atoms with E-state index in [4.69, 9.17) is 35.2 Å². The summed E-state index contributed by atoms with van der Waals surface area (Å²) >= 11 is 0. The van der Waals surface area contributed by atoms with Crippen LogP contribution >= 0.6 is 0 Å². The van der Waals surface area contributed by atoms with Gasteiger partial charge in [0.1, 0.15) is 29.7 Å². The standard InChI is InChI=1S/C45H54F2N8O4/c1-5-31-34(46)11-10-28-22-30(56)24-33(36(28)31)37-39(47)41-38(32(6-2)40(37)50-27(3)4)42(52-44(51-41)59-26-45-12-7-16-55(45)17-8-13-45)54-15-9-14-49-29(25-54)23-35(48)43(57)53-18-20-58-21-19-53/h6,10-11,22-24,27,56H,5,7-9,12-21,25-26,48H2,1-4H3/b32-6-,35-23-,50-40?. The lowest BCUT2D eigenvalue weighted by molar-refractivity contribution is -0.131. The fraction of sp³-hybridized carbons (Fsp3) is 0.489. The summed E-state index contributed by atoms with van der Waals surface area (Å²) in [6.45, 7) is 13.0. The van der Waals surface area contributed by atoms with Crippen molar-refractivity contribution < 1.29 is 28.2 Å². The predicted octanol–water partition coefficient (Wildman–Crippen LogP) is 6.50. The van der Waals surface area contributed by atoms with Crippen LogP contribution in [-0.4, -0.2) is 119 Å². The van der Waals surface area contributed by atoms with Crippen LogP contribution in [0.2, 0.25) is 0 Å². The van der Waals surface area contributed by atoms with Crippen molar-refractivity contribution in [1.29, 1.82) is 0 Å². The van der Waals surface area contributed by atoms with Gasteiger partial charge in [-0.2, -0.15) is 9.97 Å². The van der Waals surface area contributed by atoms with Crippen LogP contribution in [0.1, 0.15) is 82.2 Å². The van der Waals surface area contributed by atoms with Crippen LogP contribution in [-0.2, 0) is 16.0 Å². The molecule has 0 atom stereocenters. The molecule has 1 aromatic heterocycles. The number of nitrogens with two attached hydrogens (primary N) is 1. The Labute approximate surface area is 344 Å². The number of aromatic nitrogens is 2. The molecule has 0 radical (unpaired) electrons. The van der Waals surface area contributed by atoms with Gasteiger partial charge in [0.2, 0.25) is 0 Å². The number of carbonyl (C=O) groups excluding carboxylic acids is 1. The molecular formula is C45H54F2N8O4. The number of allylic oxidation sites excluding steroid dienone is 3. The van der Waals surface area contributed by atoms with Crippen molar-refractivity contribution in [3.05, 3.63) is 70.3 Å². The average molecular weight is 809 g/mol. The van der Waals surface area contributed by atoms with Crippen LogP contribution in [0.4, 0.5) is 14.6 Å². The molecule has 1 amide bonds. The number of hydrogen-bond donors (Lipinski definition) is 2. The van der Waals surface area contributed by atoms with Crippen molar-refractivity contribution >= 4 is 50.9 Å². The molecule has 0 spiro atoms. The molecule has 14 heteroatoms. The van der Waals surface area contributed by atoms with E-state index in [0.717, 1.165) is 38.8 Å². The number of ether oxygens (including phenoxy) is 2. The highest BCUT2D eigenvalue weighted by molar-refractivity contribution is 6.51. The zero-order chi connectivity index (χ0) is 41.4. The molecule has 0 bridgehead atoms. The molecule has 12 nitrogen and oxygen atoms in total. The average Bonchev–Trinajstić information content (AvgIpc) is 3.73. The van der Waals surface area contributed by atoms with E-state index >= 15 is 8.78 Å². The van der Waals surface area contributed by atoms with Crippen molar-refractivity contribution in [3.63, 3.8) is 0 Å². The van der Waals surface area contributed by atoms with Crippen molar-refractivity contribution in [2.24, 2.45) is 15.7 Å². The van der Waals surface area contributed by atoms with E-state index in [-0.39, 0.29) is 52.8 Å². The second kappa shape index (κ2) is 16.8. The van der Waals surface area contributed by atoms with Gasteiger partial charge in [-0.15, -0.1) is 0 Å². The van der Waals surface area contributed by atoms with Crippen LogP contribution < -0.4 is 15.4 Å². The normalized spacial score (nSPS) is 21.4. The first kappa shape index (κ1) is 40.6. The lowest BCUT2D eigenvalue weighted by Gasteiger charge is -2.33. The molecule has 0 unspecified atom stereocenters. The van der Waals surface area contributed by atoms with E-state index in [1.807, 2.05) is 38.7 Å². The van der Waals surface area contributed by atoms with E-state index in [1.165, 1.54) is 12.1 Å². The van der Waals surface area contributed by atoms with E-state index < -0.39 is 11.6 Å². The fourth-order valence-corrected chi connectivity index (χ4v) is 9.50. The van der Waals surface area contributed by atoms with Gasteiger partial charge in [0.15, 0.2) is 5.83 Å². The Bertz CT molecular complexity index is 2300. The number of benzene rings is 2. The second-order valence-electron chi connectivity index (χ2n) is 16.3. The van der Waals surface area contributed by atoms with Gasteiger partial charge < -0.3 is 30.1 Å². The molecule has 8 rings (SSSR count). The number of phenols is 1. The van der Waals surface area contributed by atoms with Gasteiger partial charge in [-0.1, -0.05) is 19.1 Å². The molecule has 5 heterocycles. The maximum atomic E-state index is 18.1. The number of aryl methyl sites for hydroxylation is 1. The maximum Gasteiger partial charge on any atom is 0.319 e. The molecule has 5 aliphatic rings. The molecule has 59 heavy (non-hydrogen) atoms. The summed E-state index contributed by atoms with van der Waals surface area (Å²) < 4.78 is 45.7. The molecule has 3 aromatic rings. The van der Waals surface area contributed by atoms with Crippen molar-refractivity contribution in [3.8, 4) is 11.8 Å². The molecule has 3 fully saturated rings. The highest BCUT2D eigenvalue weighted by atomic mass is 19.1. The van der Waals surface area contributed by atoms with E-state index in [0.29, 0.717) is 109 Å². The van der Waals surface area contributed by atoms with Crippen LogP contribution in [0.15, 0.2) is 52.1 Å². The van der Waals surface area contributed by atoms with Crippen molar-refractivity contribution in [2.45, 2.75) is 77.8 Å². The number of halogens is 2. The smallest absolute Gasteiger partial charge is 0.319 e. The Morgan fingerprint density at radius 1 is 1.08 bits per heavy atom. The number of phenolic OH excluding ortho intramolecular Hbond substituents is 1. The third-order valence-electron chi connectivity index (χ3n) is 12.2. The topological polar surface area (TPSA) is 142 Å². The Morgan fingerprint density at radius 2 is 1.85 bits per heavy atom. The minimum atomic E-state index is -0.679. The Morgan fingerprint density at radius 3 is 2.56 bits per heavy atom. The minimum Gasteiger partial charge on any atom is -0.508 e. The Balaban J connectivity index is 1.31. The molecule has 1 aliphatic carbocycles.